The summed E-state index contributed by atoms with van der Waals surface area (Å²) < 4.78 is 0. The van der Waals surface area contributed by atoms with Gasteiger partial charge in [-0.3, -0.25) is 0 Å². The third-order valence-corrected chi connectivity index (χ3v) is 4.69. The van der Waals surface area contributed by atoms with Crippen LogP contribution < -0.4 is 10.6 Å². The number of aromatic nitrogens is 1. The third-order valence-electron chi connectivity index (χ3n) is 4.69. The Morgan fingerprint density at radius 2 is 2.05 bits per heavy atom. The van der Waals surface area contributed by atoms with Gasteiger partial charge in [-0.15, -0.1) is 0 Å². The van der Waals surface area contributed by atoms with E-state index >= 15 is 0 Å². The summed E-state index contributed by atoms with van der Waals surface area (Å²) in [5, 5.41) is 9.18. The van der Waals surface area contributed by atoms with Gasteiger partial charge in [-0.25, -0.2) is 9.78 Å². The van der Waals surface area contributed by atoms with Gasteiger partial charge in [-0.05, 0) is 37.7 Å². The maximum Gasteiger partial charge on any atom is 0.337 e. The number of hydrogen-bond donors (Lipinski definition) is 2. The number of carbonyl (C=O) groups is 1. The molecule has 1 aromatic heterocycles. The molecule has 5 nitrogen and oxygen atoms in total. The molecule has 0 radical (unpaired) electrons. The second-order valence-corrected chi connectivity index (χ2v) is 5.88. The van der Waals surface area contributed by atoms with Crippen LogP contribution in [0, 0.1) is 5.92 Å². The van der Waals surface area contributed by atoms with Crippen molar-refractivity contribution in [2.24, 2.45) is 5.92 Å². The van der Waals surface area contributed by atoms with E-state index < -0.39 is 5.97 Å². The van der Waals surface area contributed by atoms with Crippen molar-refractivity contribution >= 4 is 17.5 Å². The zero-order valence-electron chi connectivity index (χ0n) is 11.6. The third kappa shape index (κ3) is 2.32. The Labute approximate surface area is 118 Å². The summed E-state index contributed by atoms with van der Waals surface area (Å²) in [6, 6.07) is 2.15. The molecule has 0 amide bonds. The van der Waals surface area contributed by atoms with Crippen LogP contribution in [0.15, 0.2) is 12.3 Å². The number of nitrogens with zero attached hydrogens (tertiary/aromatic N) is 2. The van der Waals surface area contributed by atoms with E-state index in [0.717, 1.165) is 24.7 Å². The fourth-order valence-corrected chi connectivity index (χ4v) is 3.71. The largest absolute Gasteiger partial charge is 0.478 e. The van der Waals surface area contributed by atoms with Crippen LogP contribution >= 0.6 is 0 Å². The molecule has 5 heteroatoms. The number of carboxylic acid groups (broad SMARTS) is 1. The number of pyridine rings is 1. The first-order chi connectivity index (χ1) is 9.66. The van der Waals surface area contributed by atoms with Crippen LogP contribution in [0.25, 0.3) is 0 Å². The van der Waals surface area contributed by atoms with Gasteiger partial charge in [-0.1, -0.05) is 12.8 Å². The fraction of sp³-hybridized carbons (Fsp3) is 0.600. The quantitative estimate of drug-likeness (QED) is 0.886. The molecule has 1 saturated carbocycles. The fourth-order valence-electron chi connectivity index (χ4n) is 3.71. The average molecular weight is 275 g/mol. The van der Waals surface area contributed by atoms with Crippen LogP contribution in [0.5, 0.6) is 0 Å². The SMILES string of the molecule is Nc1cnc(N2CCCC2C2CCCC2)cc1C(=O)O. The van der Waals surface area contributed by atoms with Crippen molar-refractivity contribution in [3.8, 4) is 0 Å². The number of nitrogen functional groups attached to an aromatic ring is 1. The monoisotopic (exact) mass is 275 g/mol. The molecule has 2 fully saturated rings. The highest BCUT2D eigenvalue weighted by atomic mass is 16.4. The number of aromatic carboxylic acids is 1. The molecule has 0 aromatic carbocycles. The Morgan fingerprint density at radius 1 is 1.30 bits per heavy atom. The van der Waals surface area contributed by atoms with E-state index in [-0.39, 0.29) is 11.3 Å². The van der Waals surface area contributed by atoms with Crippen molar-refractivity contribution in [2.75, 3.05) is 17.2 Å². The molecule has 2 aliphatic rings. The van der Waals surface area contributed by atoms with Gasteiger partial charge in [-0.2, -0.15) is 0 Å². The summed E-state index contributed by atoms with van der Waals surface area (Å²) in [6.07, 6.45) is 9.07. The zero-order chi connectivity index (χ0) is 14.1. The molecule has 3 N–H and O–H groups in total. The van der Waals surface area contributed by atoms with Crippen LogP contribution in [0.3, 0.4) is 0 Å². The van der Waals surface area contributed by atoms with Crippen molar-refractivity contribution in [1.29, 1.82) is 0 Å². The van der Waals surface area contributed by atoms with Crippen LogP contribution in [0.4, 0.5) is 11.5 Å². The molecule has 1 aliphatic carbocycles. The van der Waals surface area contributed by atoms with E-state index in [4.69, 9.17) is 5.73 Å². The number of rotatable bonds is 3. The number of anilines is 2. The Hall–Kier alpha value is -1.78. The predicted molar refractivity (Wildman–Crippen MR) is 77.9 cm³/mol. The lowest BCUT2D eigenvalue weighted by molar-refractivity contribution is 0.0698. The molecule has 20 heavy (non-hydrogen) atoms. The Bertz CT molecular complexity index is 512. The summed E-state index contributed by atoms with van der Waals surface area (Å²) in [4.78, 5) is 17.9. The van der Waals surface area contributed by atoms with Crippen molar-refractivity contribution in [3.05, 3.63) is 17.8 Å². The molecule has 1 unspecified atom stereocenters. The van der Waals surface area contributed by atoms with Crippen LogP contribution in [0.1, 0.15) is 48.9 Å². The number of carboxylic acids is 1. The maximum atomic E-state index is 11.2. The highest BCUT2D eigenvalue weighted by molar-refractivity contribution is 5.94. The summed E-state index contributed by atoms with van der Waals surface area (Å²) in [6.45, 7) is 0.969. The molecule has 0 spiro atoms. The van der Waals surface area contributed by atoms with Gasteiger partial charge in [0.1, 0.15) is 5.82 Å². The molecule has 0 bridgehead atoms. The molecule has 108 valence electrons. The minimum atomic E-state index is -0.984. The molecule has 1 aromatic rings. The van der Waals surface area contributed by atoms with E-state index in [1.165, 1.54) is 38.3 Å². The molecular formula is C15H21N3O2. The van der Waals surface area contributed by atoms with Crippen molar-refractivity contribution in [2.45, 2.75) is 44.6 Å². The van der Waals surface area contributed by atoms with Crippen molar-refractivity contribution in [3.63, 3.8) is 0 Å². The highest BCUT2D eigenvalue weighted by Crippen LogP contribution is 2.37. The molecular weight excluding hydrogens is 254 g/mol. The van der Waals surface area contributed by atoms with Crippen LogP contribution in [-0.4, -0.2) is 28.6 Å². The van der Waals surface area contributed by atoms with Gasteiger partial charge in [0.2, 0.25) is 0 Å². The summed E-state index contributed by atoms with van der Waals surface area (Å²) >= 11 is 0. The van der Waals surface area contributed by atoms with Crippen LogP contribution in [-0.2, 0) is 0 Å². The van der Waals surface area contributed by atoms with Gasteiger partial charge >= 0.3 is 5.97 Å². The first kappa shape index (κ1) is 13.2. The van der Waals surface area contributed by atoms with Crippen molar-refractivity contribution in [1.82, 2.24) is 4.98 Å². The van der Waals surface area contributed by atoms with Gasteiger partial charge in [0.15, 0.2) is 0 Å². The van der Waals surface area contributed by atoms with Gasteiger partial charge in [0, 0.05) is 12.6 Å². The van der Waals surface area contributed by atoms with Gasteiger partial charge in [0.25, 0.3) is 0 Å². The molecule has 1 atom stereocenters. The second kappa shape index (κ2) is 5.31. The predicted octanol–water partition coefficient (Wildman–Crippen LogP) is 2.52. The first-order valence-corrected chi connectivity index (χ1v) is 7.42. The highest BCUT2D eigenvalue weighted by Gasteiger charge is 2.34. The summed E-state index contributed by atoms with van der Waals surface area (Å²) in [5.74, 6) is 0.527. The normalized spacial score (nSPS) is 23.4. The first-order valence-electron chi connectivity index (χ1n) is 7.42. The van der Waals surface area contributed by atoms with E-state index in [1.807, 2.05) is 0 Å². The zero-order valence-corrected chi connectivity index (χ0v) is 11.6. The Morgan fingerprint density at radius 3 is 2.75 bits per heavy atom. The number of hydrogen-bond acceptors (Lipinski definition) is 4. The van der Waals surface area contributed by atoms with Crippen molar-refractivity contribution < 1.29 is 9.90 Å². The van der Waals surface area contributed by atoms with E-state index in [2.05, 4.69) is 9.88 Å². The van der Waals surface area contributed by atoms with E-state index in [9.17, 15) is 9.90 Å². The minimum absolute atomic E-state index is 0.159. The molecule has 1 aliphatic heterocycles. The van der Waals surface area contributed by atoms with Gasteiger partial charge < -0.3 is 15.7 Å². The topological polar surface area (TPSA) is 79.5 Å². The van der Waals surface area contributed by atoms with Crippen LogP contribution in [0.2, 0.25) is 0 Å². The molecule has 1 saturated heterocycles. The lowest BCUT2D eigenvalue weighted by Gasteiger charge is -2.30. The smallest absolute Gasteiger partial charge is 0.337 e. The lowest BCUT2D eigenvalue weighted by atomic mass is 9.96. The summed E-state index contributed by atoms with van der Waals surface area (Å²) in [7, 11) is 0. The second-order valence-electron chi connectivity index (χ2n) is 5.88. The minimum Gasteiger partial charge on any atom is -0.478 e. The molecule has 2 heterocycles. The van der Waals surface area contributed by atoms with E-state index in [0.29, 0.717) is 6.04 Å². The lowest BCUT2D eigenvalue weighted by Crippen LogP contribution is -2.35. The molecule has 3 rings (SSSR count). The average Bonchev–Trinajstić information content (AvgIpc) is 3.09. The maximum absolute atomic E-state index is 11.2. The van der Waals surface area contributed by atoms with E-state index in [1.54, 1.807) is 6.07 Å². The standard InChI is InChI=1S/C15H21N3O2/c16-12-9-17-14(8-11(12)15(19)20)18-7-3-6-13(18)10-4-1-2-5-10/h8-10,13H,1-7,16H2,(H,19,20). The Balaban J connectivity index is 1.87. The van der Waals surface area contributed by atoms with Gasteiger partial charge in [0.05, 0.1) is 17.4 Å². The number of nitrogens with two attached hydrogens (primary N) is 1. The Kier molecular flexibility index (Phi) is 3.51. The summed E-state index contributed by atoms with van der Waals surface area (Å²) in [5.41, 5.74) is 6.08.